The average Bonchev–Trinajstić information content (AvgIpc) is 2.25. The number of aliphatic hydroxyl groups excluding tert-OH is 1. The Morgan fingerprint density at radius 2 is 2.27 bits per heavy atom. The first-order chi connectivity index (χ1) is 7.17. The van der Waals surface area contributed by atoms with E-state index in [1.807, 2.05) is 6.07 Å². The molecule has 1 unspecified atom stereocenters. The molecule has 0 aromatic carbocycles. The predicted molar refractivity (Wildman–Crippen MR) is 61.4 cm³/mol. The molecule has 0 radical (unpaired) electrons. The number of pyridine rings is 1. The minimum atomic E-state index is 0.0398. The third-order valence-corrected chi connectivity index (χ3v) is 2.26. The van der Waals surface area contributed by atoms with Crippen LogP contribution < -0.4 is 16.6 Å². The minimum Gasteiger partial charge on any atom is -0.394 e. The second-order valence-corrected chi connectivity index (χ2v) is 3.75. The Labute approximate surface area is 89.7 Å². The maximum absolute atomic E-state index is 9.17. The SMILES string of the molecule is CC(C)C(CO)Nc1ccnc(NN)c1. The van der Waals surface area contributed by atoms with Crippen LogP contribution in [0.3, 0.4) is 0 Å². The molecule has 0 aliphatic heterocycles. The van der Waals surface area contributed by atoms with Gasteiger partial charge < -0.3 is 15.8 Å². The lowest BCUT2D eigenvalue weighted by Gasteiger charge is -2.21. The Morgan fingerprint density at radius 3 is 2.80 bits per heavy atom. The van der Waals surface area contributed by atoms with E-state index in [1.54, 1.807) is 12.3 Å². The van der Waals surface area contributed by atoms with Gasteiger partial charge in [-0.25, -0.2) is 10.8 Å². The molecule has 1 aromatic heterocycles. The summed E-state index contributed by atoms with van der Waals surface area (Å²) >= 11 is 0. The van der Waals surface area contributed by atoms with E-state index in [1.165, 1.54) is 0 Å². The van der Waals surface area contributed by atoms with Gasteiger partial charge in [0.2, 0.25) is 0 Å². The van der Waals surface area contributed by atoms with Crippen LogP contribution in [0.1, 0.15) is 13.8 Å². The molecular weight excluding hydrogens is 192 g/mol. The largest absolute Gasteiger partial charge is 0.394 e. The quantitative estimate of drug-likeness (QED) is 0.427. The molecule has 84 valence electrons. The van der Waals surface area contributed by atoms with Crippen LogP contribution in [-0.4, -0.2) is 22.7 Å². The zero-order chi connectivity index (χ0) is 11.3. The molecule has 1 rings (SSSR count). The van der Waals surface area contributed by atoms with Crippen LogP contribution >= 0.6 is 0 Å². The van der Waals surface area contributed by atoms with Crippen LogP contribution in [0.25, 0.3) is 0 Å². The van der Waals surface area contributed by atoms with E-state index in [0.717, 1.165) is 5.69 Å². The van der Waals surface area contributed by atoms with Gasteiger partial charge in [-0.2, -0.15) is 0 Å². The Bertz CT molecular complexity index is 303. The summed E-state index contributed by atoms with van der Waals surface area (Å²) in [4.78, 5) is 4.00. The van der Waals surface area contributed by atoms with Gasteiger partial charge in [0.1, 0.15) is 5.82 Å². The summed E-state index contributed by atoms with van der Waals surface area (Å²) in [5.74, 6) is 6.21. The van der Waals surface area contributed by atoms with E-state index in [0.29, 0.717) is 11.7 Å². The van der Waals surface area contributed by atoms with Crippen molar-refractivity contribution in [2.75, 3.05) is 17.3 Å². The van der Waals surface area contributed by atoms with E-state index < -0.39 is 0 Å². The average molecular weight is 210 g/mol. The Morgan fingerprint density at radius 1 is 1.53 bits per heavy atom. The molecule has 1 atom stereocenters. The molecule has 5 nitrogen and oxygen atoms in total. The topological polar surface area (TPSA) is 83.2 Å². The summed E-state index contributed by atoms with van der Waals surface area (Å²) in [5.41, 5.74) is 3.37. The number of nitrogens with zero attached hydrogens (tertiary/aromatic N) is 1. The molecule has 0 aliphatic rings. The molecule has 0 aliphatic carbocycles. The summed E-state index contributed by atoms with van der Waals surface area (Å²) in [7, 11) is 0. The molecule has 0 amide bonds. The summed E-state index contributed by atoms with van der Waals surface area (Å²) in [5, 5.41) is 12.4. The van der Waals surface area contributed by atoms with Crippen molar-refractivity contribution in [3.63, 3.8) is 0 Å². The Hall–Kier alpha value is -1.33. The fourth-order valence-electron chi connectivity index (χ4n) is 1.24. The first kappa shape index (κ1) is 11.7. The van der Waals surface area contributed by atoms with E-state index in [2.05, 4.69) is 29.6 Å². The van der Waals surface area contributed by atoms with E-state index in [4.69, 9.17) is 10.9 Å². The van der Waals surface area contributed by atoms with Crippen molar-refractivity contribution in [1.82, 2.24) is 4.98 Å². The fraction of sp³-hybridized carbons (Fsp3) is 0.500. The van der Waals surface area contributed by atoms with Crippen molar-refractivity contribution in [3.05, 3.63) is 18.3 Å². The summed E-state index contributed by atoms with van der Waals surface area (Å²) in [6.07, 6.45) is 1.66. The molecule has 0 spiro atoms. The van der Waals surface area contributed by atoms with Gasteiger partial charge in [0.15, 0.2) is 0 Å². The molecule has 5 N–H and O–H groups in total. The number of aromatic nitrogens is 1. The van der Waals surface area contributed by atoms with Crippen molar-refractivity contribution in [2.24, 2.45) is 11.8 Å². The predicted octanol–water partition coefficient (Wildman–Crippen LogP) is 0.796. The van der Waals surface area contributed by atoms with Crippen molar-refractivity contribution in [3.8, 4) is 0 Å². The van der Waals surface area contributed by atoms with Gasteiger partial charge in [-0.1, -0.05) is 13.8 Å². The lowest BCUT2D eigenvalue weighted by Crippen LogP contribution is -2.29. The van der Waals surface area contributed by atoms with Crippen molar-refractivity contribution < 1.29 is 5.11 Å². The number of anilines is 2. The van der Waals surface area contributed by atoms with Crippen LogP contribution in [-0.2, 0) is 0 Å². The van der Waals surface area contributed by atoms with Crippen molar-refractivity contribution in [1.29, 1.82) is 0 Å². The van der Waals surface area contributed by atoms with Gasteiger partial charge in [-0.3, -0.25) is 0 Å². The fourth-order valence-corrected chi connectivity index (χ4v) is 1.24. The van der Waals surface area contributed by atoms with Crippen LogP contribution in [0.5, 0.6) is 0 Å². The van der Waals surface area contributed by atoms with Gasteiger partial charge in [-0.15, -0.1) is 0 Å². The normalized spacial score (nSPS) is 12.6. The second kappa shape index (κ2) is 5.53. The number of nitrogens with two attached hydrogens (primary N) is 1. The number of hydrogen-bond acceptors (Lipinski definition) is 5. The molecule has 1 aromatic rings. The highest BCUT2D eigenvalue weighted by atomic mass is 16.3. The van der Waals surface area contributed by atoms with Crippen LogP contribution in [0.4, 0.5) is 11.5 Å². The summed E-state index contributed by atoms with van der Waals surface area (Å²) < 4.78 is 0. The molecule has 0 fully saturated rings. The smallest absolute Gasteiger partial charge is 0.141 e. The first-order valence-electron chi connectivity index (χ1n) is 4.97. The number of hydrazine groups is 1. The first-order valence-corrected chi connectivity index (χ1v) is 4.97. The molecule has 15 heavy (non-hydrogen) atoms. The number of nitrogens with one attached hydrogen (secondary N) is 2. The number of nitrogen functional groups attached to an aromatic ring is 1. The van der Waals surface area contributed by atoms with E-state index >= 15 is 0 Å². The highest BCUT2D eigenvalue weighted by Gasteiger charge is 2.11. The van der Waals surface area contributed by atoms with Gasteiger partial charge in [-0.05, 0) is 12.0 Å². The maximum atomic E-state index is 9.17. The molecule has 0 saturated heterocycles. The lowest BCUT2D eigenvalue weighted by molar-refractivity contribution is 0.249. The zero-order valence-corrected chi connectivity index (χ0v) is 9.07. The number of rotatable bonds is 5. The third kappa shape index (κ3) is 3.38. The standard InChI is InChI=1S/C10H18N4O/c1-7(2)9(6-15)13-8-3-4-12-10(5-8)14-11/h3-5,7,9,15H,6,11H2,1-2H3,(H2,12,13,14). The Kier molecular flexibility index (Phi) is 4.33. The van der Waals surface area contributed by atoms with Crippen LogP contribution in [0, 0.1) is 5.92 Å². The summed E-state index contributed by atoms with van der Waals surface area (Å²) in [6, 6.07) is 3.68. The van der Waals surface area contributed by atoms with Gasteiger partial charge in [0.25, 0.3) is 0 Å². The Balaban J connectivity index is 2.70. The lowest BCUT2D eigenvalue weighted by atomic mass is 10.1. The molecule has 0 saturated carbocycles. The van der Waals surface area contributed by atoms with Crippen molar-refractivity contribution in [2.45, 2.75) is 19.9 Å². The maximum Gasteiger partial charge on any atom is 0.141 e. The summed E-state index contributed by atoms with van der Waals surface area (Å²) in [6.45, 7) is 4.21. The van der Waals surface area contributed by atoms with Gasteiger partial charge in [0, 0.05) is 18.0 Å². The highest BCUT2D eigenvalue weighted by molar-refractivity contribution is 5.51. The second-order valence-electron chi connectivity index (χ2n) is 3.75. The number of hydrogen-bond donors (Lipinski definition) is 4. The van der Waals surface area contributed by atoms with Crippen LogP contribution in [0.2, 0.25) is 0 Å². The number of aliphatic hydroxyl groups is 1. The zero-order valence-electron chi connectivity index (χ0n) is 9.07. The molecule has 1 heterocycles. The van der Waals surface area contributed by atoms with Crippen LogP contribution in [0.15, 0.2) is 18.3 Å². The third-order valence-electron chi connectivity index (χ3n) is 2.26. The molecule has 5 heteroatoms. The van der Waals surface area contributed by atoms with E-state index in [-0.39, 0.29) is 12.6 Å². The minimum absolute atomic E-state index is 0.0398. The molecular formula is C10H18N4O. The van der Waals surface area contributed by atoms with Gasteiger partial charge in [0.05, 0.1) is 12.6 Å². The van der Waals surface area contributed by atoms with Crippen molar-refractivity contribution >= 4 is 11.5 Å². The monoisotopic (exact) mass is 210 g/mol. The van der Waals surface area contributed by atoms with Gasteiger partial charge >= 0.3 is 0 Å². The molecule has 0 bridgehead atoms. The highest BCUT2D eigenvalue weighted by Crippen LogP contribution is 2.14. The van der Waals surface area contributed by atoms with E-state index in [9.17, 15) is 0 Å².